The smallest absolute Gasteiger partial charge is 0.0327 e. The Morgan fingerprint density at radius 3 is 2.92 bits per heavy atom. The fourth-order valence-corrected chi connectivity index (χ4v) is 3.05. The number of thiophene rings is 1. The highest BCUT2D eigenvalue weighted by atomic mass is 32.1. The Bertz CT molecular complexity index is 301. The van der Waals surface area contributed by atoms with Gasteiger partial charge in [-0.2, -0.15) is 0 Å². The van der Waals surface area contributed by atoms with Crippen LogP contribution in [-0.2, 0) is 13.0 Å². The van der Waals surface area contributed by atoms with E-state index in [1.165, 1.54) is 13.0 Å². The van der Waals surface area contributed by atoms with Gasteiger partial charge in [0.2, 0.25) is 0 Å². The first-order valence-electron chi connectivity index (χ1n) is 4.97. The molecule has 0 saturated carbocycles. The van der Waals surface area contributed by atoms with E-state index in [2.05, 4.69) is 31.9 Å². The number of hydrogen-bond donors (Lipinski definition) is 0. The maximum atomic E-state index is 2.41. The molecule has 1 aromatic rings. The van der Waals surface area contributed by atoms with Crippen molar-refractivity contribution in [1.29, 1.82) is 0 Å². The van der Waals surface area contributed by atoms with Crippen LogP contribution in [-0.4, -0.2) is 18.5 Å². The summed E-state index contributed by atoms with van der Waals surface area (Å²) in [7, 11) is 2.21. The van der Waals surface area contributed by atoms with Gasteiger partial charge in [-0.25, -0.2) is 0 Å². The fraction of sp³-hybridized carbons (Fsp3) is 0.636. The molecule has 0 aromatic carbocycles. The first-order chi connectivity index (χ1) is 6.16. The molecule has 0 saturated heterocycles. The Labute approximate surface area is 84.4 Å². The van der Waals surface area contributed by atoms with Crippen molar-refractivity contribution in [3.05, 3.63) is 21.4 Å². The second-order valence-electron chi connectivity index (χ2n) is 4.24. The van der Waals surface area contributed by atoms with Crippen LogP contribution < -0.4 is 0 Å². The van der Waals surface area contributed by atoms with E-state index in [4.69, 9.17) is 0 Å². The quantitative estimate of drug-likeness (QED) is 0.666. The molecule has 0 radical (unpaired) electrons. The van der Waals surface area contributed by atoms with Crippen LogP contribution in [0, 0.1) is 0 Å². The molecule has 0 aliphatic carbocycles. The maximum Gasteiger partial charge on any atom is 0.0327 e. The first kappa shape index (κ1) is 9.22. The van der Waals surface area contributed by atoms with Crippen LogP contribution in [0.2, 0.25) is 0 Å². The number of hydrogen-bond acceptors (Lipinski definition) is 2. The summed E-state index contributed by atoms with van der Waals surface area (Å²) < 4.78 is 0. The maximum absolute atomic E-state index is 2.41. The van der Waals surface area contributed by atoms with Gasteiger partial charge < -0.3 is 4.90 Å². The van der Waals surface area contributed by atoms with Crippen LogP contribution in [0.5, 0.6) is 0 Å². The lowest BCUT2D eigenvalue weighted by Gasteiger charge is -2.21. The van der Waals surface area contributed by atoms with Gasteiger partial charge in [0.1, 0.15) is 0 Å². The Morgan fingerprint density at radius 2 is 2.23 bits per heavy atom. The van der Waals surface area contributed by atoms with Crippen LogP contribution in [0.15, 0.2) is 6.07 Å². The molecule has 1 aliphatic heterocycles. The third kappa shape index (κ3) is 1.79. The van der Waals surface area contributed by atoms with Crippen molar-refractivity contribution >= 4 is 11.3 Å². The highest BCUT2D eigenvalue weighted by Gasteiger charge is 2.17. The topological polar surface area (TPSA) is 3.24 Å². The first-order valence-corrected chi connectivity index (χ1v) is 5.78. The van der Waals surface area contributed by atoms with Gasteiger partial charge >= 0.3 is 0 Å². The van der Waals surface area contributed by atoms with Crippen molar-refractivity contribution in [3.8, 4) is 0 Å². The average molecular weight is 195 g/mol. The standard InChI is InChI=1S/C11H17NS/c1-8(2)10-6-9-4-5-12(3)7-11(9)13-10/h6,8H,4-5,7H2,1-3H3. The Balaban J connectivity index is 2.28. The minimum Gasteiger partial charge on any atom is -0.301 e. The van der Waals surface area contributed by atoms with E-state index < -0.39 is 0 Å². The lowest BCUT2D eigenvalue weighted by atomic mass is 10.1. The molecule has 2 heteroatoms. The molecule has 72 valence electrons. The monoisotopic (exact) mass is 195 g/mol. The Kier molecular flexibility index (Phi) is 2.43. The molecule has 1 aromatic heterocycles. The van der Waals surface area contributed by atoms with Crippen molar-refractivity contribution < 1.29 is 0 Å². The average Bonchev–Trinajstić information content (AvgIpc) is 2.46. The van der Waals surface area contributed by atoms with Crippen LogP contribution in [0.1, 0.15) is 35.1 Å². The molecule has 2 heterocycles. The summed E-state index contributed by atoms with van der Waals surface area (Å²) in [5, 5.41) is 0. The van der Waals surface area contributed by atoms with Gasteiger partial charge in [-0.3, -0.25) is 0 Å². The van der Waals surface area contributed by atoms with E-state index in [9.17, 15) is 0 Å². The minimum absolute atomic E-state index is 0.695. The summed E-state index contributed by atoms with van der Waals surface area (Å²) in [6, 6.07) is 2.41. The van der Waals surface area contributed by atoms with Crippen molar-refractivity contribution in [2.45, 2.75) is 32.7 Å². The molecule has 0 amide bonds. The lowest BCUT2D eigenvalue weighted by molar-refractivity contribution is 0.317. The van der Waals surface area contributed by atoms with Crippen molar-refractivity contribution in [3.63, 3.8) is 0 Å². The van der Waals surface area contributed by atoms with Crippen LogP contribution in [0.4, 0.5) is 0 Å². The van der Waals surface area contributed by atoms with E-state index in [-0.39, 0.29) is 0 Å². The van der Waals surface area contributed by atoms with Crippen LogP contribution >= 0.6 is 11.3 Å². The molecule has 0 N–H and O–H groups in total. The number of likely N-dealkylation sites (N-methyl/N-ethyl adjacent to an activating group) is 1. The molecule has 2 rings (SSSR count). The summed E-state index contributed by atoms with van der Waals surface area (Å²) in [6.45, 7) is 6.94. The lowest BCUT2D eigenvalue weighted by Crippen LogP contribution is -2.24. The molecule has 0 bridgehead atoms. The molecule has 1 aliphatic rings. The van der Waals surface area contributed by atoms with E-state index in [1.807, 2.05) is 11.3 Å². The van der Waals surface area contributed by atoms with Crippen LogP contribution in [0.25, 0.3) is 0 Å². The normalized spacial score (nSPS) is 17.8. The second kappa shape index (κ2) is 3.43. The van der Waals surface area contributed by atoms with Crippen LogP contribution in [0.3, 0.4) is 0 Å². The van der Waals surface area contributed by atoms with Gasteiger partial charge in [-0.1, -0.05) is 13.8 Å². The highest BCUT2D eigenvalue weighted by Crippen LogP contribution is 2.31. The zero-order chi connectivity index (χ0) is 9.42. The third-order valence-corrected chi connectivity index (χ3v) is 4.12. The number of rotatable bonds is 1. The number of nitrogens with zero attached hydrogens (tertiary/aromatic N) is 1. The molecule has 0 fully saturated rings. The molecule has 13 heavy (non-hydrogen) atoms. The summed E-state index contributed by atoms with van der Waals surface area (Å²) >= 11 is 2.01. The van der Waals surface area contributed by atoms with E-state index in [0.717, 1.165) is 6.54 Å². The molecule has 0 atom stereocenters. The van der Waals surface area contributed by atoms with Gasteiger partial charge in [-0.05, 0) is 31.0 Å². The summed E-state index contributed by atoms with van der Waals surface area (Å²) in [6.07, 6.45) is 1.25. The minimum atomic E-state index is 0.695. The molecular weight excluding hydrogens is 178 g/mol. The van der Waals surface area contributed by atoms with Gasteiger partial charge in [0.05, 0.1) is 0 Å². The van der Waals surface area contributed by atoms with E-state index in [1.54, 1.807) is 15.3 Å². The third-order valence-electron chi connectivity index (χ3n) is 2.66. The summed E-state index contributed by atoms with van der Waals surface area (Å²) in [5.74, 6) is 0.695. The summed E-state index contributed by atoms with van der Waals surface area (Å²) in [4.78, 5) is 5.56. The molecule has 0 spiro atoms. The molecule has 1 nitrogen and oxygen atoms in total. The zero-order valence-electron chi connectivity index (χ0n) is 8.63. The largest absolute Gasteiger partial charge is 0.301 e. The van der Waals surface area contributed by atoms with Gasteiger partial charge in [0.25, 0.3) is 0 Å². The predicted octanol–water partition coefficient (Wildman–Crippen LogP) is 2.86. The van der Waals surface area contributed by atoms with Gasteiger partial charge in [0, 0.05) is 22.8 Å². The molecular formula is C11H17NS. The van der Waals surface area contributed by atoms with Crippen molar-refractivity contribution in [2.24, 2.45) is 0 Å². The fourth-order valence-electron chi connectivity index (χ4n) is 1.75. The van der Waals surface area contributed by atoms with Crippen molar-refractivity contribution in [2.75, 3.05) is 13.6 Å². The Hall–Kier alpha value is -0.340. The Morgan fingerprint density at radius 1 is 1.46 bits per heavy atom. The van der Waals surface area contributed by atoms with Crippen molar-refractivity contribution in [1.82, 2.24) is 4.90 Å². The SMILES string of the molecule is CC(C)c1cc2c(s1)CN(C)CC2. The molecule has 0 unspecified atom stereocenters. The van der Waals surface area contributed by atoms with Gasteiger partial charge in [-0.15, -0.1) is 11.3 Å². The van der Waals surface area contributed by atoms with E-state index >= 15 is 0 Å². The van der Waals surface area contributed by atoms with Gasteiger partial charge in [0.15, 0.2) is 0 Å². The number of fused-ring (bicyclic) bond motifs is 1. The zero-order valence-corrected chi connectivity index (χ0v) is 9.45. The predicted molar refractivity (Wildman–Crippen MR) is 58.4 cm³/mol. The second-order valence-corrected chi connectivity index (χ2v) is 5.41. The van der Waals surface area contributed by atoms with E-state index in [0.29, 0.717) is 5.92 Å². The summed E-state index contributed by atoms with van der Waals surface area (Å²) in [5.41, 5.74) is 1.60. The highest BCUT2D eigenvalue weighted by molar-refractivity contribution is 7.12.